The average molecular weight is 379 g/mol. The Labute approximate surface area is 140 Å². The molecule has 0 aliphatic rings. The molecule has 0 aliphatic heterocycles. The molecule has 3 aromatic rings. The van der Waals surface area contributed by atoms with Crippen molar-refractivity contribution in [2.45, 2.75) is 10.3 Å². The van der Waals surface area contributed by atoms with E-state index in [0.717, 1.165) is 0 Å². The first-order chi connectivity index (χ1) is 10.2. The summed E-state index contributed by atoms with van der Waals surface area (Å²) in [6, 6.07) is 30.3. The van der Waals surface area contributed by atoms with Gasteiger partial charge in [-0.05, 0) is 0 Å². The van der Waals surface area contributed by atoms with Gasteiger partial charge in [-0.3, -0.25) is 0 Å². The van der Waals surface area contributed by atoms with Gasteiger partial charge in [0.2, 0.25) is 0 Å². The first-order valence-corrected chi connectivity index (χ1v) is 8.40. The minimum atomic E-state index is -0.0811. The van der Waals surface area contributed by atoms with Crippen molar-refractivity contribution in [2.24, 2.45) is 0 Å². The van der Waals surface area contributed by atoms with Gasteiger partial charge in [-0.25, -0.2) is 0 Å². The molecule has 0 heterocycles. The van der Waals surface area contributed by atoms with E-state index in [1.807, 2.05) is 23.0 Å². The van der Waals surface area contributed by atoms with Crippen molar-refractivity contribution in [3.8, 4) is 0 Å². The Morgan fingerprint density at radius 2 is 1.05 bits per heavy atom. The molecule has 0 spiro atoms. The first-order valence-electron chi connectivity index (χ1n) is 7.12. The van der Waals surface area contributed by atoms with Crippen LogP contribution in [0, 0.1) is 6.92 Å². The van der Waals surface area contributed by atoms with Gasteiger partial charge in [0.1, 0.15) is 0 Å². The van der Waals surface area contributed by atoms with Crippen molar-refractivity contribution in [1.82, 2.24) is 0 Å². The number of hydrogen-bond acceptors (Lipinski definition) is 0. The topological polar surface area (TPSA) is 0 Å². The Bertz CT molecular complexity index is 678. The molecule has 0 fully saturated rings. The molecule has 0 aliphatic carbocycles. The van der Waals surface area contributed by atoms with Crippen molar-refractivity contribution in [3.05, 3.63) is 107 Å². The molecule has 1 heteroatoms. The fourth-order valence-electron chi connectivity index (χ4n) is 2.82. The first kappa shape index (κ1) is 14.4. The van der Waals surface area contributed by atoms with Crippen LogP contribution in [0.4, 0.5) is 0 Å². The molecule has 0 saturated heterocycles. The second kappa shape index (κ2) is 6.08. The van der Waals surface area contributed by atoms with E-state index in [1.165, 1.54) is 22.3 Å². The molecular weight excluding hydrogens is 362 g/mol. The molecule has 0 atom stereocenters. The van der Waals surface area contributed by atoms with Gasteiger partial charge >= 0.3 is 140 Å². The summed E-state index contributed by atoms with van der Waals surface area (Å²) in [5, 5.41) is 0. The number of benzene rings is 3. The predicted molar refractivity (Wildman–Crippen MR) is 89.7 cm³/mol. The van der Waals surface area contributed by atoms with Crippen LogP contribution in [0.5, 0.6) is 0 Å². The molecule has 0 amide bonds. The zero-order valence-electron chi connectivity index (χ0n) is 12.0. The van der Waals surface area contributed by atoms with E-state index in [2.05, 4.69) is 91.9 Å². The molecule has 2 radical (unpaired) electrons. The molecule has 0 unspecified atom stereocenters. The molecule has 3 aromatic carbocycles. The van der Waals surface area contributed by atoms with Crippen LogP contribution < -0.4 is 0 Å². The second-order valence-electron chi connectivity index (χ2n) is 5.26. The van der Waals surface area contributed by atoms with Crippen LogP contribution in [-0.2, 0) is 3.36 Å². The van der Waals surface area contributed by atoms with E-state index in [4.69, 9.17) is 0 Å². The summed E-state index contributed by atoms with van der Waals surface area (Å²) in [4.78, 5) is 0. The zero-order chi connectivity index (χ0) is 14.7. The van der Waals surface area contributed by atoms with Crippen molar-refractivity contribution in [3.63, 3.8) is 0 Å². The third kappa shape index (κ3) is 2.65. The van der Waals surface area contributed by atoms with E-state index in [0.29, 0.717) is 0 Å². The summed E-state index contributed by atoms with van der Waals surface area (Å²) in [5.74, 6) is 0. The monoisotopic (exact) mass is 378 g/mol. The van der Waals surface area contributed by atoms with Crippen LogP contribution in [0.1, 0.15) is 22.3 Å². The molecule has 0 bridgehead atoms. The molecule has 3 rings (SSSR count). The number of rotatable bonds is 3. The van der Waals surface area contributed by atoms with Crippen LogP contribution in [0.15, 0.2) is 84.9 Å². The molecule has 0 N–H and O–H groups in total. The Morgan fingerprint density at radius 3 is 1.52 bits per heavy atom. The van der Waals surface area contributed by atoms with Crippen LogP contribution in [0.25, 0.3) is 0 Å². The summed E-state index contributed by atoms with van der Waals surface area (Å²) in [6.07, 6.45) is 0. The van der Waals surface area contributed by atoms with Crippen LogP contribution in [-0.4, -0.2) is 23.0 Å². The van der Waals surface area contributed by atoms with Gasteiger partial charge in [-0.1, -0.05) is 0 Å². The average Bonchev–Trinajstić information content (AvgIpc) is 2.56. The second-order valence-corrected chi connectivity index (χ2v) is 7.17. The predicted octanol–water partition coefficient (Wildman–Crippen LogP) is 4.46. The Balaban J connectivity index is 2.29. The van der Waals surface area contributed by atoms with Gasteiger partial charge in [0, 0.05) is 0 Å². The maximum absolute atomic E-state index is 2.26. The van der Waals surface area contributed by atoms with Crippen molar-refractivity contribution < 1.29 is 0 Å². The Kier molecular flexibility index (Phi) is 4.17. The van der Waals surface area contributed by atoms with E-state index in [9.17, 15) is 0 Å². The Morgan fingerprint density at radius 1 is 0.619 bits per heavy atom. The molecule has 0 saturated carbocycles. The van der Waals surface area contributed by atoms with Crippen LogP contribution in [0.3, 0.4) is 0 Å². The fourth-order valence-corrected chi connectivity index (χ4v) is 4.38. The summed E-state index contributed by atoms with van der Waals surface area (Å²) in [7, 11) is 0. The summed E-state index contributed by atoms with van der Waals surface area (Å²) >= 11 is 1.86. The summed E-state index contributed by atoms with van der Waals surface area (Å²) in [6.45, 7) is 2.20. The molecule has 102 valence electrons. The van der Waals surface area contributed by atoms with Gasteiger partial charge in [-0.2, -0.15) is 0 Å². The standard InChI is InChI=1S/C20H17.Sb/c1-16-10-8-9-15-19(16)20(17-11-4-2-5-12-17)18-13-6-3-7-14-18;/h2-15H,1H3;. The minimum absolute atomic E-state index is 0.0811. The van der Waals surface area contributed by atoms with E-state index >= 15 is 0 Å². The van der Waals surface area contributed by atoms with Gasteiger partial charge in [0.25, 0.3) is 0 Å². The van der Waals surface area contributed by atoms with Gasteiger partial charge in [0.05, 0.1) is 0 Å². The van der Waals surface area contributed by atoms with Crippen LogP contribution in [0.2, 0.25) is 0 Å². The third-order valence-electron chi connectivity index (χ3n) is 3.92. The third-order valence-corrected chi connectivity index (χ3v) is 6.08. The quantitative estimate of drug-likeness (QED) is 0.466. The molecular formula is C20H17Sb. The summed E-state index contributed by atoms with van der Waals surface area (Å²) < 4.78 is -0.0811. The van der Waals surface area contributed by atoms with Crippen molar-refractivity contribution in [2.75, 3.05) is 0 Å². The van der Waals surface area contributed by atoms with Gasteiger partial charge in [-0.15, -0.1) is 0 Å². The normalized spacial score (nSPS) is 11.3. The Hall–Kier alpha value is -1.52. The van der Waals surface area contributed by atoms with Gasteiger partial charge < -0.3 is 0 Å². The number of aryl methyl sites for hydroxylation is 1. The molecule has 21 heavy (non-hydrogen) atoms. The summed E-state index contributed by atoms with van der Waals surface area (Å²) in [5.41, 5.74) is 5.42. The van der Waals surface area contributed by atoms with E-state index in [1.54, 1.807) is 0 Å². The van der Waals surface area contributed by atoms with E-state index in [-0.39, 0.29) is 3.36 Å². The van der Waals surface area contributed by atoms with Crippen molar-refractivity contribution in [1.29, 1.82) is 0 Å². The van der Waals surface area contributed by atoms with Crippen molar-refractivity contribution >= 4 is 23.0 Å². The maximum atomic E-state index is 2.26. The van der Waals surface area contributed by atoms with Gasteiger partial charge in [0.15, 0.2) is 0 Å². The molecule has 0 nitrogen and oxygen atoms in total. The SMILES string of the molecule is Cc1ccccc1[C]([Sb])(c1ccccc1)c1ccccc1. The zero-order valence-corrected chi connectivity index (χ0v) is 14.6. The number of hydrogen-bond donors (Lipinski definition) is 0. The van der Waals surface area contributed by atoms with Crippen LogP contribution >= 0.6 is 0 Å². The molecule has 0 aromatic heterocycles. The van der Waals surface area contributed by atoms with E-state index < -0.39 is 0 Å². The fraction of sp³-hybridized carbons (Fsp3) is 0.100.